The van der Waals surface area contributed by atoms with Crippen molar-refractivity contribution in [1.82, 2.24) is 0 Å². The van der Waals surface area contributed by atoms with Gasteiger partial charge in [-0.3, -0.25) is 0 Å². The van der Waals surface area contributed by atoms with E-state index in [1.54, 1.807) is 0 Å². The average molecular weight is 513 g/mol. The molecule has 0 aliphatic rings. The molecular formula is C33H54P2. The largest absolute Gasteiger partial charge is 0.125 e. The standard InChI is InChI=1S/C33H54P2/c1-23(21-24-17-15-14-16-18-24)25-19-20-26(32(34,28(2,3)4)29(5,6)7)27(22-25)33(35,30(8,9)10)31(11,12)13/h14-20,22-23H,21,34-35H2,1-13H3. The minimum atomic E-state index is -0.115. The lowest BCUT2D eigenvalue weighted by atomic mass is 9.56. The highest BCUT2D eigenvalue weighted by Crippen LogP contribution is 2.65. The number of hydrogen-bond acceptors (Lipinski definition) is 0. The average Bonchev–Trinajstić information content (AvgIpc) is 2.69. The topological polar surface area (TPSA) is 0 Å². The molecule has 0 saturated carbocycles. The van der Waals surface area contributed by atoms with E-state index in [1.165, 1.54) is 22.3 Å². The highest BCUT2D eigenvalue weighted by molar-refractivity contribution is 7.19. The van der Waals surface area contributed by atoms with E-state index >= 15 is 0 Å². The molecule has 196 valence electrons. The fourth-order valence-corrected chi connectivity index (χ4v) is 6.98. The zero-order valence-corrected chi connectivity index (χ0v) is 27.4. The van der Waals surface area contributed by atoms with E-state index < -0.39 is 0 Å². The van der Waals surface area contributed by atoms with Gasteiger partial charge in [-0.1, -0.05) is 139 Å². The second-order valence-electron chi connectivity index (χ2n) is 15.0. The maximum atomic E-state index is 3.38. The van der Waals surface area contributed by atoms with Crippen LogP contribution in [0.5, 0.6) is 0 Å². The highest BCUT2D eigenvalue weighted by atomic mass is 31.0. The molecule has 2 rings (SSSR count). The van der Waals surface area contributed by atoms with Gasteiger partial charge in [-0.05, 0) is 56.3 Å². The van der Waals surface area contributed by atoms with E-state index in [2.05, 4.69) is 157 Å². The first-order valence-corrected chi connectivity index (χ1v) is 14.5. The van der Waals surface area contributed by atoms with Crippen LogP contribution in [0.15, 0.2) is 48.5 Å². The van der Waals surface area contributed by atoms with Gasteiger partial charge in [0, 0.05) is 10.3 Å². The third kappa shape index (κ3) is 5.60. The van der Waals surface area contributed by atoms with Gasteiger partial charge in [0.05, 0.1) is 0 Å². The molecule has 3 atom stereocenters. The lowest BCUT2D eigenvalue weighted by Crippen LogP contribution is -2.50. The van der Waals surface area contributed by atoms with Crippen LogP contribution < -0.4 is 0 Å². The summed E-state index contributed by atoms with van der Waals surface area (Å²) in [6.45, 7) is 31.3. The number of rotatable bonds is 5. The Balaban J connectivity index is 2.93. The molecule has 0 bridgehead atoms. The van der Waals surface area contributed by atoms with Gasteiger partial charge in [-0.2, -0.15) is 0 Å². The Labute approximate surface area is 223 Å². The predicted octanol–water partition coefficient (Wildman–Crippen LogP) is 10.4. The summed E-state index contributed by atoms with van der Waals surface area (Å²) in [7, 11) is 6.74. The second-order valence-corrected chi connectivity index (χ2v) is 16.7. The molecule has 0 saturated heterocycles. The van der Waals surface area contributed by atoms with Crippen molar-refractivity contribution in [3.8, 4) is 0 Å². The van der Waals surface area contributed by atoms with Crippen molar-refractivity contribution in [3.05, 3.63) is 70.8 Å². The molecule has 0 aliphatic carbocycles. The van der Waals surface area contributed by atoms with Crippen LogP contribution in [0, 0.1) is 21.7 Å². The molecule has 0 spiro atoms. The van der Waals surface area contributed by atoms with Crippen LogP contribution in [-0.4, -0.2) is 0 Å². The van der Waals surface area contributed by atoms with Crippen molar-refractivity contribution in [2.75, 3.05) is 0 Å². The van der Waals surface area contributed by atoms with E-state index in [-0.39, 0.29) is 32.0 Å². The molecule has 35 heavy (non-hydrogen) atoms. The Kier molecular flexibility index (Phi) is 8.62. The van der Waals surface area contributed by atoms with Crippen LogP contribution in [0.2, 0.25) is 0 Å². The van der Waals surface area contributed by atoms with Gasteiger partial charge < -0.3 is 0 Å². The Morgan fingerprint density at radius 1 is 0.571 bits per heavy atom. The fraction of sp³-hybridized carbons (Fsp3) is 0.636. The van der Waals surface area contributed by atoms with Gasteiger partial charge in [0.2, 0.25) is 0 Å². The molecule has 3 unspecified atom stereocenters. The van der Waals surface area contributed by atoms with Gasteiger partial charge in [0.25, 0.3) is 0 Å². The van der Waals surface area contributed by atoms with E-state index in [0.717, 1.165) is 6.42 Å². The van der Waals surface area contributed by atoms with Crippen LogP contribution in [0.4, 0.5) is 0 Å². The third-order valence-electron chi connectivity index (χ3n) is 8.58. The summed E-state index contributed by atoms with van der Waals surface area (Å²) < 4.78 is 0. The van der Waals surface area contributed by atoms with Crippen molar-refractivity contribution in [3.63, 3.8) is 0 Å². The van der Waals surface area contributed by atoms with Crippen LogP contribution in [0.1, 0.15) is 118 Å². The Morgan fingerprint density at radius 2 is 0.971 bits per heavy atom. The lowest BCUT2D eigenvalue weighted by molar-refractivity contribution is 0.118. The molecule has 0 radical (unpaired) electrons. The van der Waals surface area contributed by atoms with Gasteiger partial charge in [-0.25, -0.2) is 0 Å². The molecule has 2 aromatic rings. The smallest absolute Gasteiger partial charge is 0.0197 e. The summed E-state index contributed by atoms with van der Waals surface area (Å²) in [6, 6.07) is 18.4. The number of hydrogen-bond donors (Lipinski definition) is 0. The van der Waals surface area contributed by atoms with Gasteiger partial charge in [0.1, 0.15) is 0 Å². The quantitative estimate of drug-likeness (QED) is 0.350. The Bertz CT molecular complexity index is 961. The van der Waals surface area contributed by atoms with E-state index in [0.29, 0.717) is 5.92 Å². The van der Waals surface area contributed by atoms with E-state index in [9.17, 15) is 0 Å². The van der Waals surface area contributed by atoms with Gasteiger partial charge in [-0.15, -0.1) is 18.5 Å². The molecule has 2 heteroatoms. The second kappa shape index (κ2) is 9.88. The maximum absolute atomic E-state index is 3.38. The zero-order chi connectivity index (χ0) is 27.3. The number of benzene rings is 2. The van der Waals surface area contributed by atoms with E-state index in [1.807, 2.05) is 0 Å². The summed E-state index contributed by atoms with van der Waals surface area (Å²) in [5.41, 5.74) is 6.01. The molecule has 0 aromatic heterocycles. The summed E-state index contributed by atoms with van der Waals surface area (Å²) in [5.74, 6) is 0.447. The normalized spacial score (nSPS) is 15.3. The molecule has 0 aliphatic heterocycles. The third-order valence-corrected chi connectivity index (χ3v) is 12.7. The molecule has 0 fully saturated rings. The first-order valence-electron chi connectivity index (χ1n) is 13.4. The minimum Gasteiger partial charge on any atom is -0.125 e. The molecular weight excluding hydrogens is 458 g/mol. The van der Waals surface area contributed by atoms with Crippen LogP contribution >= 0.6 is 18.5 Å². The van der Waals surface area contributed by atoms with Crippen molar-refractivity contribution >= 4 is 18.5 Å². The Morgan fingerprint density at radius 3 is 1.37 bits per heavy atom. The zero-order valence-electron chi connectivity index (χ0n) is 25.1. The summed E-state index contributed by atoms with van der Waals surface area (Å²) in [4.78, 5) is 0. The molecule has 2 aromatic carbocycles. The molecule has 0 nitrogen and oxygen atoms in total. The van der Waals surface area contributed by atoms with Crippen molar-refractivity contribution in [2.45, 2.75) is 113 Å². The molecule has 0 amide bonds. The first kappa shape index (κ1) is 30.5. The van der Waals surface area contributed by atoms with Gasteiger partial charge in [0.15, 0.2) is 0 Å². The van der Waals surface area contributed by atoms with Crippen molar-refractivity contribution in [1.29, 1.82) is 0 Å². The summed E-state index contributed by atoms with van der Waals surface area (Å²) in [5, 5.41) is -0.217. The Hall–Kier alpha value is -0.700. The van der Waals surface area contributed by atoms with Crippen LogP contribution in [0.25, 0.3) is 0 Å². The molecule has 0 N–H and O–H groups in total. The van der Waals surface area contributed by atoms with Crippen molar-refractivity contribution in [2.24, 2.45) is 21.7 Å². The monoisotopic (exact) mass is 512 g/mol. The predicted molar refractivity (Wildman–Crippen MR) is 166 cm³/mol. The van der Waals surface area contributed by atoms with Crippen molar-refractivity contribution < 1.29 is 0 Å². The van der Waals surface area contributed by atoms with Gasteiger partial charge >= 0.3 is 0 Å². The maximum Gasteiger partial charge on any atom is 0.0197 e. The fourth-order valence-electron chi connectivity index (χ4n) is 6.49. The molecule has 0 heterocycles. The highest BCUT2D eigenvalue weighted by Gasteiger charge is 2.55. The summed E-state index contributed by atoms with van der Waals surface area (Å²) in [6.07, 6.45) is 1.05. The SMILES string of the molecule is CC(Cc1ccccc1)c1ccc(C(P)(C(C)(C)C)C(C)(C)C)c(C(P)(C(C)(C)C)C(C)(C)C)c1. The first-order chi connectivity index (χ1) is 15.6. The minimum absolute atomic E-state index is 0.0489. The van der Waals surface area contributed by atoms with Crippen LogP contribution in [-0.2, 0) is 16.7 Å². The van der Waals surface area contributed by atoms with E-state index in [4.69, 9.17) is 0 Å². The summed E-state index contributed by atoms with van der Waals surface area (Å²) >= 11 is 0. The lowest BCUT2D eigenvalue weighted by Gasteiger charge is -2.57. The van der Waals surface area contributed by atoms with Crippen LogP contribution in [0.3, 0.4) is 0 Å².